The van der Waals surface area contributed by atoms with Gasteiger partial charge in [0.25, 0.3) is 5.91 Å². The number of H-pyrrole nitrogens is 1. The van der Waals surface area contributed by atoms with Crippen LogP contribution in [0.2, 0.25) is 9.36 Å². The second-order valence-corrected chi connectivity index (χ2v) is 8.95. The van der Waals surface area contributed by atoms with Gasteiger partial charge in [-0.15, -0.1) is 11.3 Å². The van der Waals surface area contributed by atoms with E-state index in [1.165, 1.54) is 11.3 Å². The maximum absolute atomic E-state index is 12.8. The van der Waals surface area contributed by atoms with Gasteiger partial charge in [-0.1, -0.05) is 47.5 Å². The summed E-state index contributed by atoms with van der Waals surface area (Å²) in [4.78, 5) is 26.6. The zero-order chi connectivity index (χ0) is 20.5. The van der Waals surface area contributed by atoms with Gasteiger partial charge < -0.3 is 20.1 Å². The van der Waals surface area contributed by atoms with Crippen molar-refractivity contribution in [2.45, 2.75) is 24.8 Å². The highest BCUT2D eigenvalue weighted by Gasteiger charge is 2.34. The van der Waals surface area contributed by atoms with Crippen molar-refractivity contribution >= 4 is 56.6 Å². The lowest BCUT2D eigenvalue weighted by Crippen LogP contribution is -2.39. The van der Waals surface area contributed by atoms with Crippen LogP contribution in [0.1, 0.15) is 34.0 Å². The van der Waals surface area contributed by atoms with E-state index in [1.807, 2.05) is 24.3 Å². The van der Waals surface area contributed by atoms with Crippen molar-refractivity contribution in [2.24, 2.45) is 0 Å². The Bertz CT molecular complexity index is 1080. The minimum Gasteiger partial charge on any atom is -0.481 e. The van der Waals surface area contributed by atoms with Gasteiger partial charge in [-0.05, 0) is 23.6 Å². The summed E-state index contributed by atoms with van der Waals surface area (Å²) < 4.78 is 6.91. The van der Waals surface area contributed by atoms with E-state index in [0.29, 0.717) is 33.6 Å². The van der Waals surface area contributed by atoms with Gasteiger partial charge in [-0.2, -0.15) is 0 Å². The molecule has 1 aliphatic carbocycles. The van der Waals surface area contributed by atoms with Crippen LogP contribution >= 0.6 is 34.5 Å². The minimum atomic E-state index is -0.896. The topological polar surface area (TPSA) is 91.4 Å². The number of fused-ring (bicyclic) bond motifs is 2. The van der Waals surface area contributed by atoms with Crippen molar-refractivity contribution in [1.29, 1.82) is 0 Å². The van der Waals surface area contributed by atoms with Crippen LogP contribution in [-0.4, -0.2) is 41.2 Å². The number of benzene rings is 1. The maximum Gasteiger partial charge on any atom is 0.305 e. The number of aromatic amines is 1. The van der Waals surface area contributed by atoms with Gasteiger partial charge in [0.05, 0.1) is 34.9 Å². The summed E-state index contributed by atoms with van der Waals surface area (Å²) in [6.45, 7) is 0.483. The number of aromatic nitrogens is 1. The van der Waals surface area contributed by atoms with Crippen LogP contribution in [0.15, 0.2) is 30.3 Å². The molecule has 2 aromatic heterocycles. The van der Waals surface area contributed by atoms with Crippen LogP contribution in [0.3, 0.4) is 0 Å². The van der Waals surface area contributed by atoms with Crippen LogP contribution in [0.5, 0.6) is 0 Å². The molecule has 0 bridgehead atoms. The molecule has 2 atom stereocenters. The molecule has 4 rings (SSSR count). The van der Waals surface area contributed by atoms with Crippen LogP contribution in [0, 0.1) is 0 Å². The Labute approximate surface area is 180 Å². The van der Waals surface area contributed by atoms with Crippen molar-refractivity contribution in [3.63, 3.8) is 0 Å². The summed E-state index contributed by atoms with van der Waals surface area (Å²) in [5.74, 6) is -1.17. The fourth-order valence-electron chi connectivity index (χ4n) is 3.69. The third-order valence-electron chi connectivity index (χ3n) is 5.07. The first kappa shape index (κ1) is 20.2. The number of thiophene rings is 1. The number of hydrogen-bond acceptors (Lipinski definition) is 4. The van der Waals surface area contributed by atoms with E-state index in [-0.39, 0.29) is 30.9 Å². The summed E-state index contributed by atoms with van der Waals surface area (Å²) in [5.41, 5.74) is 3.36. The number of rotatable bonds is 7. The average Bonchev–Trinajstić information content (AvgIpc) is 3.32. The summed E-state index contributed by atoms with van der Waals surface area (Å²) in [6.07, 6.45) is 0.643. The van der Waals surface area contributed by atoms with Crippen LogP contribution < -0.4 is 5.32 Å². The lowest BCUT2D eigenvalue weighted by molar-refractivity contribution is -0.138. The molecule has 29 heavy (non-hydrogen) atoms. The van der Waals surface area contributed by atoms with Gasteiger partial charge in [0, 0.05) is 12.0 Å². The Balaban J connectivity index is 1.49. The lowest BCUT2D eigenvalue weighted by atomic mass is 9.99. The monoisotopic (exact) mass is 452 g/mol. The summed E-state index contributed by atoms with van der Waals surface area (Å²) >= 11 is 13.5. The van der Waals surface area contributed by atoms with E-state index in [1.54, 1.807) is 6.07 Å². The minimum absolute atomic E-state index is 0.0435. The molecule has 2 heterocycles. The summed E-state index contributed by atoms with van der Waals surface area (Å²) in [6, 6.07) is 9.59. The first-order valence-electron chi connectivity index (χ1n) is 9.08. The first-order chi connectivity index (χ1) is 13.9. The highest BCUT2D eigenvalue weighted by molar-refractivity contribution is 7.23. The molecule has 3 N–H and O–H groups in total. The molecule has 1 aromatic carbocycles. The maximum atomic E-state index is 12.8. The average molecular weight is 453 g/mol. The number of carbonyl (C=O) groups is 2. The molecule has 152 valence electrons. The lowest BCUT2D eigenvalue weighted by Gasteiger charge is -2.21. The smallest absolute Gasteiger partial charge is 0.305 e. The number of hydrogen-bond donors (Lipinski definition) is 3. The summed E-state index contributed by atoms with van der Waals surface area (Å²) in [5, 5.41) is 12.3. The van der Waals surface area contributed by atoms with Gasteiger partial charge in [-0.3, -0.25) is 9.59 Å². The molecular weight excluding hydrogens is 435 g/mol. The number of carboxylic acid groups (broad SMARTS) is 1. The molecule has 9 heteroatoms. The number of ether oxygens (including phenoxy) is 1. The standard InChI is InChI=1S/C20H18Cl2N2O4S/c21-17-18-15(29-19(17)22)8-14(23-18)20(27)24-13-7-10-3-1-2-4-11(10)12(13)9-28-6-5-16(25)26/h1-4,8,12-13,23H,5-7,9H2,(H,24,27)(H,25,26)/t12-,13-/m1/s1. The van der Waals surface area contributed by atoms with Crippen LogP contribution in [-0.2, 0) is 16.0 Å². The van der Waals surface area contributed by atoms with Crippen molar-refractivity contribution in [2.75, 3.05) is 13.2 Å². The number of nitrogens with one attached hydrogen (secondary N) is 2. The van der Waals surface area contributed by atoms with Crippen LogP contribution in [0.4, 0.5) is 0 Å². The first-order valence-corrected chi connectivity index (χ1v) is 10.7. The highest BCUT2D eigenvalue weighted by atomic mass is 35.5. The third kappa shape index (κ3) is 4.14. The Morgan fingerprint density at radius 3 is 2.86 bits per heavy atom. The fourth-order valence-corrected chi connectivity index (χ4v) is 5.17. The SMILES string of the molecule is O=C(O)CCOC[C@@H]1c2ccccc2C[C@H]1NC(=O)c1cc2sc(Cl)c(Cl)c2[nH]1. The zero-order valence-electron chi connectivity index (χ0n) is 15.2. The molecule has 1 amide bonds. The van der Waals surface area contributed by atoms with Gasteiger partial charge >= 0.3 is 5.97 Å². The van der Waals surface area contributed by atoms with Gasteiger partial charge in [0.1, 0.15) is 10.0 Å². The number of carbonyl (C=O) groups excluding carboxylic acids is 1. The zero-order valence-corrected chi connectivity index (χ0v) is 17.5. The summed E-state index contributed by atoms with van der Waals surface area (Å²) in [7, 11) is 0. The third-order valence-corrected chi connectivity index (χ3v) is 7.00. The Morgan fingerprint density at radius 1 is 1.31 bits per heavy atom. The number of carboxylic acids is 1. The van der Waals surface area contributed by atoms with E-state index in [9.17, 15) is 9.59 Å². The van der Waals surface area contributed by atoms with Gasteiger partial charge in [0.15, 0.2) is 0 Å². The number of aliphatic carboxylic acids is 1. The molecule has 0 spiro atoms. The van der Waals surface area contributed by atoms with Crippen molar-refractivity contribution < 1.29 is 19.4 Å². The van der Waals surface area contributed by atoms with Crippen LogP contribution in [0.25, 0.3) is 10.2 Å². The largest absolute Gasteiger partial charge is 0.481 e. The van der Waals surface area contributed by atoms with E-state index in [0.717, 1.165) is 15.8 Å². The molecule has 0 unspecified atom stereocenters. The molecule has 0 saturated heterocycles. The Morgan fingerprint density at radius 2 is 2.10 bits per heavy atom. The van der Waals surface area contributed by atoms with Gasteiger partial charge in [-0.25, -0.2) is 0 Å². The predicted molar refractivity (Wildman–Crippen MR) is 113 cm³/mol. The second kappa shape index (κ2) is 8.36. The van der Waals surface area contributed by atoms with Crippen molar-refractivity contribution in [3.05, 3.63) is 56.5 Å². The van der Waals surface area contributed by atoms with Gasteiger partial charge in [0.2, 0.25) is 0 Å². The molecule has 1 aliphatic rings. The molecule has 3 aromatic rings. The van der Waals surface area contributed by atoms with E-state index in [2.05, 4.69) is 10.3 Å². The van der Waals surface area contributed by atoms with E-state index < -0.39 is 5.97 Å². The Hall–Kier alpha value is -2.06. The molecule has 0 aliphatic heterocycles. The fraction of sp³-hybridized carbons (Fsp3) is 0.300. The predicted octanol–water partition coefficient (Wildman–Crippen LogP) is 4.47. The number of amides is 1. The highest BCUT2D eigenvalue weighted by Crippen LogP contribution is 2.39. The Kier molecular flexibility index (Phi) is 5.83. The molecule has 6 nitrogen and oxygen atoms in total. The number of halogens is 2. The van der Waals surface area contributed by atoms with Crippen molar-refractivity contribution in [1.82, 2.24) is 10.3 Å². The second-order valence-electron chi connectivity index (χ2n) is 6.92. The normalized spacial score (nSPS) is 18.1. The molecule has 0 fully saturated rings. The molecular formula is C20H18Cl2N2O4S. The van der Waals surface area contributed by atoms with E-state index in [4.69, 9.17) is 33.0 Å². The van der Waals surface area contributed by atoms with Crippen molar-refractivity contribution in [3.8, 4) is 0 Å². The quantitative estimate of drug-likeness (QED) is 0.461. The molecule has 0 saturated carbocycles. The molecule has 0 radical (unpaired) electrons. The van der Waals surface area contributed by atoms with E-state index >= 15 is 0 Å².